The van der Waals surface area contributed by atoms with E-state index in [0.29, 0.717) is 0 Å². The van der Waals surface area contributed by atoms with Gasteiger partial charge in [0.25, 0.3) is 0 Å². The molecule has 2 aromatic rings. The van der Waals surface area contributed by atoms with Crippen LogP contribution in [0.25, 0.3) is 0 Å². The molecule has 0 amide bonds. The molecule has 0 saturated carbocycles. The molecule has 0 aliphatic carbocycles. The summed E-state index contributed by atoms with van der Waals surface area (Å²) >= 11 is 0. The van der Waals surface area contributed by atoms with Crippen molar-refractivity contribution in [1.29, 1.82) is 5.26 Å². The van der Waals surface area contributed by atoms with E-state index in [-0.39, 0.29) is 5.41 Å². The van der Waals surface area contributed by atoms with E-state index < -0.39 is 0 Å². The Hall–Kier alpha value is -2.12. The van der Waals surface area contributed by atoms with E-state index in [2.05, 4.69) is 33.3 Å². The first-order valence-corrected chi connectivity index (χ1v) is 7.49. The number of aromatic nitrogens is 2. The SMILES string of the molecule is N#CC1(c2ccccc2)CCN(CCc2cn[nH]c2)CC1. The van der Waals surface area contributed by atoms with Gasteiger partial charge in [0.15, 0.2) is 0 Å². The fourth-order valence-electron chi connectivity index (χ4n) is 3.08. The van der Waals surface area contributed by atoms with Crippen LogP contribution in [0.15, 0.2) is 42.7 Å². The first kappa shape index (κ1) is 13.8. The smallest absolute Gasteiger partial charge is 0.0846 e. The van der Waals surface area contributed by atoms with Crippen molar-refractivity contribution >= 4 is 0 Å². The molecule has 0 unspecified atom stereocenters. The quantitative estimate of drug-likeness (QED) is 0.936. The van der Waals surface area contributed by atoms with Crippen molar-refractivity contribution in [1.82, 2.24) is 15.1 Å². The monoisotopic (exact) mass is 280 g/mol. The molecule has 0 bridgehead atoms. The Balaban J connectivity index is 1.60. The van der Waals surface area contributed by atoms with Crippen molar-refractivity contribution < 1.29 is 0 Å². The average molecular weight is 280 g/mol. The zero-order chi connectivity index (χ0) is 14.5. The number of nitrogens with one attached hydrogen (secondary N) is 1. The number of H-pyrrole nitrogens is 1. The molecule has 4 heteroatoms. The summed E-state index contributed by atoms with van der Waals surface area (Å²) in [6.45, 7) is 3.01. The second-order valence-corrected chi connectivity index (χ2v) is 5.76. The Kier molecular flexibility index (Phi) is 4.03. The number of hydrogen-bond acceptors (Lipinski definition) is 3. The molecule has 1 aliphatic heterocycles. The predicted molar refractivity (Wildman–Crippen MR) is 81.7 cm³/mol. The van der Waals surface area contributed by atoms with Crippen LogP contribution < -0.4 is 0 Å². The van der Waals surface area contributed by atoms with Crippen molar-refractivity contribution in [2.75, 3.05) is 19.6 Å². The second-order valence-electron chi connectivity index (χ2n) is 5.76. The van der Waals surface area contributed by atoms with Crippen LogP contribution in [0, 0.1) is 11.3 Å². The molecule has 0 spiro atoms. The maximum atomic E-state index is 9.68. The number of piperidine rings is 1. The van der Waals surface area contributed by atoms with E-state index in [1.807, 2.05) is 30.6 Å². The van der Waals surface area contributed by atoms with E-state index in [1.165, 1.54) is 11.1 Å². The Morgan fingerprint density at radius 3 is 2.62 bits per heavy atom. The molecule has 4 nitrogen and oxygen atoms in total. The minimum atomic E-state index is -0.298. The highest BCUT2D eigenvalue weighted by atomic mass is 15.1. The van der Waals surface area contributed by atoms with Crippen molar-refractivity contribution in [2.45, 2.75) is 24.7 Å². The molecular formula is C17H20N4. The van der Waals surface area contributed by atoms with Crippen LogP contribution in [0.5, 0.6) is 0 Å². The van der Waals surface area contributed by atoms with Crippen LogP contribution in [-0.2, 0) is 11.8 Å². The van der Waals surface area contributed by atoms with Crippen LogP contribution in [-0.4, -0.2) is 34.7 Å². The van der Waals surface area contributed by atoms with Crippen LogP contribution in [0.1, 0.15) is 24.0 Å². The summed E-state index contributed by atoms with van der Waals surface area (Å²) < 4.78 is 0. The van der Waals surface area contributed by atoms with E-state index in [0.717, 1.165) is 38.9 Å². The van der Waals surface area contributed by atoms with Gasteiger partial charge in [-0.25, -0.2) is 0 Å². The lowest BCUT2D eigenvalue weighted by Crippen LogP contribution is -2.42. The van der Waals surface area contributed by atoms with Gasteiger partial charge in [0, 0.05) is 12.7 Å². The number of nitrogens with zero attached hydrogens (tertiary/aromatic N) is 3. The van der Waals surface area contributed by atoms with Gasteiger partial charge in [-0.3, -0.25) is 5.10 Å². The lowest BCUT2D eigenvalue weighted by Gasteiger charge is -2.37. The summed E-state index contributed by atoms with van der Waals surface area (Å²) in [6.07, 6.45) is 6.68. The van der Waals surface area contributed by atoms with Crippen molar-refractivity contribution in [3.63, 3.8) is 0 Å². The summed E-state index contributed by atoms with van der Waals surface area (Å²) in [7, 11) is 0. The molecule has 1 aromatic heterocycles. The molecule has 1 aromatic carbocycles. The highest BCUT2D eigenvalue weighted by Crippen LogP contribution is 2.34. The first-order valence-electron chi connectivity index (χ1n) is 7.49. The van der Waals surface area contributed by atoms with E-state index in [4.69, 9.17) is 0 Å². The van der Waals surface area contributed by atoms with Gasteiger partial charge in [-0.05, 0) is 43.5 Å². The largest absolute Gasteiger partial charge is 0.303 e. The first-order chi connectivity index (χ1) is 10.3. The van der Waals surface area contributed by atoms with E-state index >= 15 is 0 Å². The van der Waals surface area contributed by atoms with Crippen molar-refractivity contribution in [2.24, 2.45) is 0 Å². The molecule has 3 rings (SSSR count). The fourth-order valence-corrected chi connectivity index (χ4v) is 3.08. The maximum absolute atomic E-state index is 9.68. The number of hydrogen-bond donors (Lipinski definition) is 1. The van der Waals surface area contributed by atoms with E-state index in [9.17, 15) is 5.26 Å². The van der Waals surface area contributed by atoms with Gasteiger partial charge in [-0.2, -0.15) is 10.4 Å². The average Bonchev–Trinajstić information content (AvgIpc) is 3.08. The van der Waals surface area contributed by atoms with Crippen LogP contribution in [0.2, 0.25) is 0 Å². The Morgan fingerprint density at radius 2 is 2.00 bits per heavy atom. The number of likely N-dealkylation sites (tertiary alicyclic amines) is 1. The summed E-state index contributed by atoms with van der Waals surface area (Å²) in [5.74, 6) is 0. The Bertz CT molecular complexity index is 589. The van der Waals surface area contributed by atoms with Crippen LogP contribution >= 0.6 is 0 Å². The minimum Gasteiger partial charge on any atom is -0.303 e. The molecule has 0 atom stereocenters. The number of nitriles is 1. The number of rotatable bonds is 4. The highest BCUT2D eigenvalue weighted by Gasteiger charge is 2.36. The van der Waals surface area contributed by atoms with Gasteiger partial charge in [0.2, 0.25) is 0 Å². The summed E-state index contributed by atoms with van der Waals surface area (Å²) in [5, 5.41) is 16.5. The Labute approximate surface area is 125 Å². The topological polar surface area (TPSA) is 55.7 Å². The fraction of sp³-hybridized carbons (Fsp3) is 0.412. The predicted octanol–water partition coefficient (Wildman–Crippen LogP) is 2.51. The molecular weight excluding hydrogens is 260 g/mol. The van der Waals surface area contributed by atoms with Gasteiger partial charge in [0.05, 0.1) is 17.7 Å². The van der Waals surface area contributed by atoms with E-state index in [1.54, 1.807) is 0 Å². The van der Waals surface area contributed by atoms with Crippen molar-refractivity contribution in [3.8, 4) is 6.07 Å². The number of aromatic amines is 1. The number of benzene rings is 1. The van der Waals surface area contributed by atoms with Gasteiger partial charge in [-0.1, -0.05) is 30.3 Å². The summed E-state index contributed by atoms with van der Waals surface area (Å²) in [6, 6.07) is 12.8. The zero-order valence-corrected chi connectivity index (χ0v) is 12.1. The van der Waals surface area contributed by atoms with Crippen LogP contribution in [0.4, 0.5) is 0 Å². The zero-order valence-electron chi connectivity index (χ0n) is 12.1. The molecule has 108 valence electrons. The molecule has 1 aliphatic rings. The van der Waals surface area contributed by atoms with Crippen molar-refractivity contribution in [3.05, 3.63) is 53.9 Å². The van der Waals surface area contributed by atoms with Gasteiger partial charge in [-0.15, -0.1) is 0 Å². The molecule has 1 N–H and O–H groups in total. The lowest BCUT2D eigenvalue weighted by molar-refractivity contribution is 0.188. The summed E-state index contributed by atoms with van der Waals surface area (Å²) in [4.78, 5) is 2.45. The van der Waals surface area contributed by atoms with Gasteiger partial charge in [0.1, 0.15) is 0 Å². The molecule has 21 heavy (non-hydrogen) atoms. The van der Waals surface area contributed by atoms with Gasteiger partial charge >= 0.3 is 0 Å². The summed E-state index contributed by atoms with van der Waals surface area (Å²) in [5.41, 5.74) is 2.12. The molecule has 1 fully saturated rings. The molecule has 0 radical (unpaired) electrons. The third-order valence-corrected chi connectivity index (χ3v) is 4.52. The van der Waals surface area contributed by atoms with Crippen LogP contribution in [0.3, 0.4) is 0 Å². The third-order valence-electron chi connectivity index (χ3n) is 4.52. The van der Waals surface area contributed by atoms with Gasteiger partial charge < -0.3 is 4.90 Å². The highest BCUT2D eigenvalue weighted by molar-refractivity contribution is 5.33. The standard InChI is InChI=1S/C17H20N4/c18-14-17(16-4-2-1-3-5-16)7-10-21(11-8-17)9-6-15-12-19-20-13-15/h1-5,12-13H,6-11H2,(H,19,20). The second kappa shape index (κ2) is 6.11. The molecule has 2 heterocycles. The minimum absolute atomic E-state index is 0.298. The lowest BCUT2D eigenvalue weighted by atomic mass is 9.74. The molecule has 1 saturated heterocycles. The third kappa shape index (κ3) is 2.98. The maximum Gasteiger partial charge on any atom is 0.0846 e. The Morgan fingerprint density at radius 1 is 1.24 bits per heavy atom. The normalized spacial score (nSPS) is 18.2.